The monoisotopic (exact) mass is 360 g/mol. The number of rotatable bonds is 5. The van der Waals surface area contributed by atoms with Crippen LogP contribution < -0.4 is 16.0 Å². The molecule has 2 rings (SSSR count). The van der Waals surface area contributed by atoms with E-state index in [1.165, 1.54) is 0 Å². The van der Waals surface area contributed by atoms with Gasteiger partial charge in [-0.2, -0.15) is 0 Å². The van der Waals surface area contributed by atoms with E-state index in [1.54, 1.807) is 0 Å². The highest BCUT2D eigenvalue weighted by atomic mass is 35.5. The Morgan fingerprint density at radius 2 is 2.04 bits per heavy atom. The van der Waals surface area contributed by atoms with Gasteiger partial charge < -0.3 is 20.9 Å². The van der Waals surface area contributed by atoms with Gasteiger partial charge in [0.25, 0.3) is 0 Å². The molecule has 0 radical (unpaired) electrons. The maximum Gasteiger partial charge on any atom is 0.317 e. The molecule has 2 saturated heterocycles. The summed E-state index contributed by atoms with van der Waals surface area (Å²) in [7, 11) is 0. The molecule has 140 valence electrons. The smallest absolute Gasteiger partial charge is 0.317 e. The van der Waals surface area contributed by atoms with Crippen molar-refractivity contribution in [2.45, 2.75) is 52.0 Å². The minimum atomic E-state index is 0. The van der Waals surface area contributed by atoms with E-state index < -0.39 is 0 Å². The van der Waals surface area contributed by atoms with Gasteiger partial charge in [0.15, 0.2) is 0 Å². The summed E-state index contributed by atoms with van der Waals surface area (Å²) >= 11 is 0. The molecule has 1 unspecified atom stereocenters. The van der Waals surface area contributed by atoms with Crippen molar-refractivity contribution >= 4 is 24.3 Å². The van der Waals surface area contributed by atoms with Crippen LogP contribution in [0.4, 0.5) is 4.79 Å². The van der Waals surface area contributed by atoms with Crippen molar-refractivity contribution < 1.29 is 9.59 Å². The van der Waals surface area contributed by atoms with Crippen LogP contribution in [-0.4, -0.2) is 55.6 Å². The Labute approximate surface area is 151 Å². The molecule has 0 aromatic rings. The minimum absolute atomic E-state index is 0. The third-order valence-corrected chi connectivity index (χ3v) is 4.60. The predicted molar refractivity (Wildman–Crippen MR) is 98.4 cm³/mol. The molecule has 0 aromatic heterocycles. The molecule has 2 aliphatic heterocycles. The van der Waals surface area contributed by atoms with Crippen LogP contribution in [0.1, 0.15) is 46.0 Å². The van der Waals surface area contributed by atoms with E-state index in [4.69, 9.17) is 0 Å². The fraction of sp³-hybridized carbons (Fsp3) is 0.882. The molecule has 6 nitrogen and oxygen atoms in total. The van der Waals surface area contributed by atoms with Crippen LogP contribution in [-0.2, 0) is 4.79 Å². The Kier molecular flexibility index (Phi) is 9.44. The zero-order valence-electron chi connectivity index (χ0n) is 15.0. The summed E-state index contributed by atoms with van der Waals surface area (Å²) in [5.41, 5.74) is 0. The van der Waals surface area contributed by atoms with E-state index in [0.717, 1.165) is 45.3 Å². The summed E-state index contributed by atoms with van der Waals surface area (Å²) in [5.74, 6) is 0.868. The zero-order chi connectivity index (χ0) is 16.7. The average Bonchev–Trinajstić information content (AvgIpc) is 2.53. The van der Waals surface area contributed by atoms with Crippen LogP contribution in [0.15, 0.2) is 0 Å². The molecular weight excluding hydrogens is 328 g/mol. The topological polar surface area (TPSA) is 73.5 Å². The van der Waals surface area contributed by atoms with Gasteiger partial charge in [-0.05, 0) is 44.1 Å². The summed E-state index contributed by atoms with van der Waals surface area (Å²) in [6.45, 7) is 8.30. The Bertz CT molecular complexity index is 400. The number of carbonyl (C=O) groups is 2. The molecule has 3 N–H and O–H groups in total. The van der Waals surface area contributed by atoms with E-state index in [9.17, 15) is 9.59 Å². The van der Waals surface area contributed by atoms with Gasteiger partial charge in [-0.3, -0.25) is 4.79 Å². The van der Waals surface area contributed by atoms with Crippen molar-refractivity contribution in [2.75, 3.05) is 32.7 Å². The summed E-state index contributed by atoms with van der Waals surface area (Å²) in [6.07, 6.45) is 4.73. The Morgan fingerprint density at radius 1 is 1.25 bits per heavy atom. The van der Waals surface area contributed by atoms with Gasteiger partial charge in [-0.15, -0.1) is 12.4 Å². The molecular formula is C17H33ClN4O2. The number of hydrogen-bond acceptors (Lipinski definition) is 3. The number of nitrogens with zero attached hydrogens (tertiary/aromatic N) is 1. The second-order valence-electron chi connectivity index (χ2n) is 7.35. The number of likely N-dealkylation sites (tertiary alicyclic amines) is 1. The van der Waals surface area contributed by atoms with Gasteiger partial charge in [0, 0.05) is 38.6 Å². The lowest BCUT2D eigenvalue weighted by Crippen LogP contribution is -2.48. The van der Waals surface area contributed by atoms with Crippen molar-refractivity contribution in [2.24, 2.45) is 11.8 Å². The first-order valence-electron chi connectivity index (χ1n) is 9.07. The van der Waals surface area contributed by atoms with Gasteiger partial charge in [0.1, 0.15) is 0 Å². The van der Waals surface area contributed by atoms with E-state index in [2.05, 4.69) is 29.8 Å². The first kappa shape index (κ1) is 21.0. The summed E-state index contributed by atoms with van der Waals surface area (Å²) < 4.78 is 0. The molecule has 7 heteroatoms. The first-order chi connectivity index (χ1) is 11.0. The molecule has 2 atom stereocenters. The lowest BCUT2D eigenvalue weighted by Gasteiger charge is -2.33. The lowest BCUT2D eigenvalue weighted by molar-refractivity contribution is -0.123. The number of amides is 3. The van der Waals surface area contributed by atoms with Crippen LogP contribution in [0, 0.1) is 11.8 Å². The summed E-state index contributed by atoms with van der Waals surface area (Å²) in [5, 5.41) is 9.41. The number of urea groups is 1. The molecule has 24 heavy (non-hydrogen) atoms. The van der Waals surface area contributed by atoms with Gasteiger partial charge >= 0.3 is 6.03 Å². The summed E-state index contributed by atoms with van der Waals surface area (Å²) in [4.78, 5) is 26.2. The van der Waals surface area contributed by atoms with E-state index >= 15 is 0 Å². The van der Waals surface area contributed by atoms with Crippen LogP contribution in [0.3, 0.4) is 0 Å². The number of carbonyl (C=O) groups excluding carboxylic acids is 2. The highest BCUT2D eigenvalue weighted by molar-refractivity contribution is 5.85. The normalized spacial score (nSPS) is 24.2. The zero-order valence-corrected chi connectivity index (χ0v) is 15.8. The molecule has 2 heterocycles. The largest absolute Gasteiger partial charge is 0.352 e. The Balaban J connectivity index is 0.00000288. The van der Waals surface area contributed by atoms with Gasteiger partial charge in [-0.1, -0.05) is 13.8 Å². The third kappa shape index (κ3) is 7.26. The van der Waals surface area contributed by atoms with Crippen LogP contribution in [0.25, 0.3) is 0 Å². The molecule has 0 spiro atoms. The molecule has 2 aliphatic rings. The van der Waals surface area contributed by atoms with Crippen molar-refractivity contribution in [3.05, 3.63) is 0 Å². The average molecular weight is 361 g/mol. The summed E-state index contributed by atoms with van der Waals surface area (Å²) in [6, 6.07) is 0.283. The maximum atomic E-state index is 12.2. The lowest BCUT2D eigenvalue weighted by atomic mass is 9.94. The first-order valence-corrected chi connectivity index (χ1v) is 9.07. The SMILES string of the molecule is CC(C)CNC(=O)N1CCCC(CC(=O)N[C@H]2CCCNC2)C1.Cl. The molecule has 0 aliphatic carbocycles. The van der Waals surface area contributed by atoms with Crippen molar-refractivity contribution in [1.82, 2.24) is 20.9 Å². The van der Waals surface area contributed by atoms with Crippen LogP contribution >= 0.6 is 12.4 Å². The molecule has 0 aromatic carbocycles. The van der Waals surface area contributed by atoms with E-state index in [0.29, 0.717) is 25.4 Å². The Morgan fingerprint density at radius 3 is 2.71 bits per heavy atom. The number of halogens is 1. The predicted octanol–water partition coefficient (Wildman–Crippen LogP) is 1.74. The number of nitrogens with one attached hydrogen (secondary N) is 3. The standard InChI is InChI=1S/C17H32N4O2.ClH/c1-13(2)10-19-17(23)21-8-4-5-14(12-21)9-16(22)20-15-6-3-7-18-11-15;/h13-15,18H,3-12H2,1-2H3,(H,19,23)(H,20,22);1H/t14?,15-;/m0./s1. The highest BCUT2D eigenvalue weighted by Gasteiger charge is 2.26. The van der Waals surface area contributed by atoms with Crippen molar-refractivity contribution in [3.8, 4) is 0 Å². The maximum absolute atomic E-state index is 12.2. The van der Waals surface area contributed by atoms with Crippen molar-refractivity contribution in [3.63, 3.8) is 0 Å². The highest BCUT2D eigenvalue weighted by Crippen LogP contribution is 2.20. The molecule has 0 bridgehead atoms. The van der Waals surface area contributed by atoms with E-state index in [1.807, 2.05) is 4.90 Å². The van der Waals surface area contributed by atoms with Gasteiger partial charge in [0.05, 0.1) is 0 Å². The quantitative estimate of drug-likeness (QED) is 0.699. The fourth-order valence-electron chi connectivity index (χ4n) is 3.34. The number of piperidine rings is 2. The van der Waals surface area contributed by atoms with Gasteiger partial charge in [-0.25, -0.2) is 4.79 Å². The number of hydrogen-bond donors (Lipinski definition) is 3. The molecule has 2 fully saturated rings. The second-order valence-corrected chi connectivity index (χ2v) is 7.35. The fourth-order valence-corrected chi connectivity index (χ4v) is 3.34. The Hall–Kier alpha value is -1.01. The molecule has 3 amide bonds. The van der Waals surface area contributed by atoms with Crippen molar-refractivity contribution in [1.29, 1.82) is 0 Å². The molecule has 0 saturated carbocycles. The van der Waals surface area contributed by atoms with Crippen LogP contribution in [0.2, 0.25) is 0 Å². The third-order valence-electron chi connectivity index (χ3n) is 4.60. The minimum Gasteiger partial charge on any atom is -0.352 e. The van der Waals surface area contributed by atoms with Gasteiger partial charge in [0.2, 0.25) is 5.91 Å². The van der Waals surface area contributed by atoms with Crippen LogP contribution in [0.5, 0.6) is 0 Å². The van der Waals surface area contributed by atoms with E-state index in [-0.39, 0.29) is 36.3 Å². The second kappa shape index (κ2) is 10.8.